The monoisotopic (exact) mass is 420 g/mol. The molecule has 2 aromatic carbocycles. The van der Waals surface area contributed by atoms with Crippen molar-refractivity contribution in [1.29, 1.82) is 0 Å². The van der Waals surface area contributed by atoms with Gasteiger partial charge in [0.25, 0.3) is 5.91 Å². The van der Waals surface area contributed by atoms with Crippen LogP contribution in [-0.4, -0.2) is 29.6 Å². The molecule has 0 aliphatic heterocycles. The molecule has 0 aliphatic rings. The Morgan fingerprint density at radius 2 is 1.88 bits per heavy atom. The van der Waals surface area contributed by atoms with E-state index in [1.54, 1.807) is 19.1 Å². The van der Waals surface area contributed by atoms with Gasteiger partial charge in [0.15, 0.2) is 6.61 Å². The molecule has 0 aromatic heterocycles. The van der Waals surface area contributed by atoms with E-state index >= 15 is 0 Å². The lowest BCUT2D eigenvalue weighted by atomic mass is 10.2. The lowest BCUT2D eigenvalue weighted by Crippen LogP contribution is -2.33. The molecule has 0 fully saturated rings. The summed E-state index contributed by atoms with van der Waals surface area (Å²) < 4.78 is 6.46. The number of amides is 1. The Hall–Kier alpha value is -2.38. The Morgan fingerprint density at radius 3 is 2.54 bits per heavy atom. The second-order valence-electron chi connectivity index (χ2n) is 5.90. The standard InChI is InChI=1S/C19H21BrN2O4/c1-12-3-6-16(7-4-12)22-18(23)11-26-17-8-5-15(20)9-14(17)10-21-13(2)19(24)25/h3-9,13,21H,10-11H2,1-2H3,(H,22,23)(H,24,25). The summed E-state index contributed by atoms with van der Waals surface area (Å²) in [7, 11) is 0. The zero-order chi connectivity index (χ0) is 19.1. The Labute approximate surface area is 160 Å². The predicted molar refractivity (Wildman–Crippen MR) is 103 cm³/mol. The zero-order valence-corrected chi connectivity index (χ0v) is 16.2. The minimum Gasteiger partial charge on any atom is -0.483 e. The first-order valence-corrected chi connectivity index (χ1v) is 8.88. The third-order valence-electron chi connectivity index (χ3n) is 3.69. The molecular formula is C19H21BrN2O4. The summed E-state index contributed by atoms with van der Waals surface area (Å²) in [5.74, 6) is -0.674. The first kappa shape index (κ1) is 19.9. The van der Waals surface area contributed by atoms with Crippen LogP contribution in [0.1, 0.15) is 18.1 Å². The number of ether oxygens (including phenoxy) is 1. The van der Waals surface area contributed by atoms with E-state index in [9.17, 15) is 9.59 Å². The van der Waals surface area contributed by atoms with Crippen LogP contribution in [-0.2, 0) is 16.1 Å². The molecule has 0 heterocycles. The van der Waals surface area contributed by atoms with Crippen LogP contribution in [0.25, 0.3) is 0 Å². The summed E-state index contributed by atoms with van der Waals surface area (Å²) in [6, 6.07) is 12.2. The number of aliphatic carboxylic acids is 1. The van der Waals surface area contributed by atoms with Crippen LogP contribution in [0.15, 0.2) is 46.9 Å². The van der Waals surface area contributed by atoms with Gasteiger partial charge in [0.1, 0.15) is 11.8 Å². The molecule has 138 valence electrons. The maximum Gasteiger partial charge on any atom is 0.320 e. The van der Waals surface area contributed by atoms with Gasteiger partial charge in [-0.2, -0.15) is 0 Å². The molecule has 0 bridgehead atoms. The van der Waals surface area contributed by atoms with Crippen LogP contribution in [0.4, 0.5) is 5.69 Å². The van der Waals surface area contributed by atoms with Crippen molar-refractivity contribution in [2.45, 2.75) is 26.4 Å². The first-order valence-electron chi connectivity index (χ1n) is 8.09. The number of aryl methyl sites for hydroxylation is 1. The Balaban J connectivity index is 1.96. The topological polar surface area (TPSA) is 87.7 Å². The Morgan fingerprint density at radius 1 is 1.19 bits per heavy atom. The molecule has 0 saturated heterocycles. The second-order valence-corrected chi connectivity index (χ2v) is 6.81. The van der Waals surface area contributed by atoms with E-state index in [-0.39, 0.29) is 12.5 Å². The molecular weight excluding hydrogens is 400 g/mol. The number of anilines is 1. The van der Waals surface area contributed by atoms with E-state index in [2.05, 4.69) is 26.6 Å². The quantitative estimate of drug-likeness (QED) is 0.609. The molecule has 1 unspecified atom stereocenters. The Kier molecular flexibility index (Phi) is 7.17. The maximum atomic E-state index is 12.1. The highest BCUT2D eigenvalue weighted by Crippen LogP contribution is 2.23. The van der Waals surface area contributed by atoms with E-state index in [0.29, 0.717) is 18.0 Å². The van der Waals surface area contributed by atoms with Crippen molar-refractivity contribution in [3.8, 4) is 5.75 Å². The Bertz CT molecular complexity index is 778. The highest BCUT2D eigenvalue weighted by Gasteiger charge is 2.13. The number of carboxylic acids is 1. The van der Waals surface area contributed by atoms with Gasteiger partial charge in [-0.1, -0.05) is 33.6 Å². The molecule has 1 atom stereocenters. The summed E-state index contributed by atoms with van der Waals surface area (Å²) >= 11 is 3.38. The molecule has 2 aromatic rings. The number of rotatable bonds is 8. The molecule has 7 heteroatoms. The minimum absolute atomic E-state index is 0.142. The van der Waals surface area contributed by atoms with Crippen LogP contribution in [0.3, 0.4) is 0 Å². The molecule has 0 spiro atoms. The van der Waals surface area contributed by atoms with Gasteiger partial charge in [0.05, 0.1) is 0 Å². The van der Waals surface area contributed by atoms with Gasteiger partial charge in [-0.25, -0.2) is 0 Å². The predicted octanol–water partition coefficient (Wildman–Crippen LogP) is 3.34. The van der Waals surface area contributed by atoms with Crippen molar-refractivity contribution in [1.82, 2.24) is 5.32 Å². The van der Waals surface area contributed by atoms with Gasteiger partial charge in [0.2, 0.25) is 0 Å². The fraction of sp³-hybridized carbons (Fsp3) is 0.263. The van der Waals surface area contributed by atoms with Crippen LogP contribution in [0.2, 0.25) is 0 Å². The number of carbonyl (C=O) groups is 2. The third-order valence-corrected chi connectivity index (χ3v) is 4.18. The van der Waals surface area contributed by atoms with Gasteiger partial charge in [0, 0.05) is 22.3 Å². The summed E-state index contributed by atoms with van der Waals surface area (Å²) in [5.41, 5.74) is 2.58. The lowest BCUT2D eigenvalue weighted by molar-refractivity contribution is -0.139. The van der Waals surface area contributed by atoms with E-state index in [0.717, 1.165) is 15.6 Å². The fourth-order valence-electron chi connectivity index (χ4n) is 2.15. The van der Waals surface area contributed by atoms with Crippen LogP contribution < -0.4 is 15.4 Å². The van der Waals surface area contributed by atoms with Gasteiger partial charge >= 0.3 is 5.97 Å². The summed E-state index contributed by atoms with van der Waals surface area (Å²) in [4.78, 5) is 23.0. The highest BCUT2D eigenvalue weighted by atomic mass is 79.9. The van der Waals surface area contributed by atoms with E-state index in [1.165, 1.54) is 0 Å². The van der Waals surface area contributed by atoms with Crippen molar-refractivity contribution in [2.75, 3.05) is 11.9 Å². The van der Waals surface area contributed by atoms with Crippen LogP contribution in [0, 0.1) is 6.92 Å². The lowest BCUT2D eigenvalue weighted by Gasteiger charge is -2.14. The largest absolute Gasteiger partial charge is 0.483 e. The normalized spacial score (nSPS) is 11.7. The van der Waals surface area contributed by atoms with E-state index in [1.807, 2.05) is 37.3 Å². The number of hydrogen-bond donors (Lipinski definition) is 3. The number of benzene rings is 2. The smallest absolute Gasteiger partial charge is 0.320 e. The average molecular weight is 421 g/mol. The summed E-state index contributed by atoms with van der Waals surface area (Å²) in [5, 5.41) is 14.6. The maximum absolute atomic E-state index is 12.1. The van der Waals surface area contributed by atoms with Gasteiger partial charge in [-0.3, -0.25) is 9.59 Å². The highest BCUT2D eigenvalue weighted by molar-refractivity contribution is 9.10. The number of halogens is 1. The molecule has 26 heavy (non-hydrogen) atoms. The molecule has 0 aliphatic carbocycles. The second kappa shape index (κ2) is 9.35. The third kappa shape index (κ3) is 6.16. The van der Waals surface area contributed by atoms with Crippen molar-refractivity contribution in [3.05, 3.63) is 58.1 Å². The number of hydrogen-bond acceptors (Lipinski definition) is 4. The number of carbonyl (C=O) groups excluding carboxylic acids is 1. The van der Waals surface area contributed by atoms with Crippen molar-refractivity contribution < 1.29 is 19.4 Å². The molecule has 1 amide bonds. The van der Waals surface area contributed by atoms with Crippen LogP contribution in [0.5, 0.6) is 5.75 Å². The summed E-state index contributed by atoms with van der Waals surface area (Å²) in [6.07, 6.45) is 0. The van der Waals surface area contributed by atoms with E-state index < -0.39 is 12.0 Å². The number of nitrogens with one attached hydrogen (secondary N) is 2. The first-order chi connectivity index (χ1) is 12.3. The SMILES string of the molecule is Cc1ccc(NC(=O)COc2ccc(Br)cc2CNC(C)C(=O)O)cc1. The van der Waals surface area contributed by atoms with Crippen molar-refractivity contribution >= 4 is 33.5 Å². The zero-order valence-electron chi connectivity index (χ0n) is 14.6. The van der Waals surface area contributed by atoms with Gasteiger partial charge in [-0.05, 0) is 44.2 Å². The molecule has 0 radical (unpaired) electrons. The van der Waals surface area contributed by atoms with Crippen molar-refractivity contribution in [3.63, 3.8) is 0 Å². The fourth-order valence-corrected chi connectivity index (χ4v) is 2.56. The van der Waals surface area contributed by atoms with Gasteiger partial charge in [-0.15, -0.1) is 0 Å². The van der Waals surface area contributed by atoms with Crippen molar-refractivity contribution in [2.24, 2.45) is 0 Å². The molecule has 6 nitrogen and oxygen atoms in total. The summed E-state index contributed by atoms with van der Waals surface area (Å²) in [6.45, 7) is 3.71. The van der Waals surface area contributed by atoms with E-state index in [4.69, 9.17) is 9.84 Å². The average Bonchev–Trinajstić information content (AvgIpc) is 2.60. The molecule has 3 N–H and O–H groups in total. The van der Waals surface area contributed by atoms with Gasteiger partial charge < -0.3 is 20.5 Å². The molecule has 2 rings (SSSR count). The number of carboxylic acid groups (broad SMARTS) is 1. The minimum atomic E-state index is -0.931. The molecule has 0 saturated carbocycles. The van der Waals surface area contributed by atoms with Crippen LogP contribution >= 0.6 is 15.9 Å².